The summed E-state index contributed by atoms with van der Waals surface area (Å²) >= 11 is 0. The van der Waals surface area contributed by atoms with Gasteiger partial charge < -0.3 is 20.4 Å². The number of hydrogen-bond donors (Lipinski definition) is 2. The molecule has 2 aromatic rings. The van der Waals surface area contributed by atoms with E-state index in [1.807, 2.05) is 12.1 Å². The first-order valence-electron chi connectivity index (χ1n) is 10.3. The molecule has 0 bridgehead atoms. The smallest absolute Gasteiger partial charge is 0.353 e. The van der Waals surface area contributed by atoms with Gasteiger partial charge in [0.1, 0.15) is 5.82 Å². The molecule has 9 heteroatoms. The van der Waals surface area contributed by atoms with Crippen molar-refractivity contribution in [1.29, 1.82) is 0 Å². The van der Waals surface area contributed by atoms with Crippen LogP contribution < -0.4 is 15.5 Å². The Morgan fingerprint density at radius 1 is 1.16 bits per heavy atom. The Bertz CT molecular complexity index is 968. The molecule has 0 saturated carbocycles. The zero-order valence-electron chi connectivity index (χ0n) is 17.6. The number of pyridine rings is 1. The Balaban J connectivity index is 1.40. The number of carbonyl (C=O) groups is 1. The lowest BCUT2D eigenvalue weighted by Gasteiger charge is -2.36. The maximum Gasteiger partial charge on any atom is 0.419 e. The molecule has 0 atom stereocenters. The summed E-state index contributed by atoms with van der Waals surface area (Å²) < 4.78 is 39.8. The monoisotopic (exact) mass is 433 g/mol. The Hall–Kier alpha value is -2.81. The molecule has 1 fully saturated rings. The van der Waals surface area contributed by atoms with E-state index in [2.05, 4.69) is 35.5 Å². The highest BCUT2D eigenvalue weighted by molar-refractivity contribution is 5.89. The molecule has 1 aromatic carbocycles. The van der Waals surface area contributed by atoms with E-state index in [0.29, 0.717) is 13.1 Å². The number of amides is 2. The van der Waals surface area contributed by atoms with Gasteiger partial charge in [-0.3, -0.25) is 0 Å². The number of fused-ring (bicyclic) bond motifs is 1. The average molecular weight is 433 g/mol. The molecule has 2 aliphatic rings. The number of aromatic nitrogens is 1. The van der Waals surface area contributed by atoms with Crippen LogP contribution in [0.4, 0.5) is 29.5 Å². The third-order valence-electron chi connectivity index (χ3n) is 5.93. The van der Waals surface area contributed by atoms with E-state index in [0.717, 1.165) is 30.4 Å². The second-order valence-electron chi connectivity index (χ2n) is 8.64. The maximum absolute atomic E-state index is 13.3. The molecule has 0 unspecified atom stereocenters. The first-order chi connectivity index (χ1) is 14.6. The summed E-state index contributed by atoms with van der Waals surface area (Å²) in [5.74, 6) is -0.0835. The zero-order chi connectivity index (χ0) is 22.2. The Labute approximate surface area is 179 Å². The van der Waals surface area contributed by atoms with Gasteiger partial charge in [0.25, 0.3) is 0 Å². The lowest BCUT2D eigenvalue weighted by atomic mass is 9.79. The maximum atomic E-state index is 13.3. The largest absolute Gasteiger partial charge is 0.419 e. The van der Waals surface area contributed by atoms with Crippen molar-refractivity contribution >= 4 is 17.5 Å². The van der Waals surface area contributed by atoms with Crippen molar-refractivity contribution in [2.24, 2.45) is 0 Å². The van der Waals surface area contributed by atoms with E-state index < -0.39 is 11.7 Å². The Morgan fingerprint density at radius 3 is 2.61 bits per heavy atom. The van der Waals surface area contributed by atoms with Gasteiger partial charge in [-0.05, 0) is 35.4 Å². The number of anilines is 2. The first kappa shape index (κ1) is 21.4. The van der Waals surface area contributed by atoms with Crippen LogP contribution in [0.25, 0.3) is 0 Å². The van der Waals surface area contributed by atoms with Gasteiger partial charge in [-0.15, -0.1) is 0 Å². The van der Waals surface area contributed by atoms with Crippen LogP contribution in [0, 0.1) is 0 Å². The summed E-state index contributed by atoms with van der Waals surface area (Å²) in [4.78, 5) is 19.9. The van der Waals surface area contributed by atoms with Crippen molar-refractivity contribution in [1.82, 2.24) is 15.2 Å². The lowest BCUT2D eigenvalue weighted by Crippen LogP contribution is -2.50. The van der Waals surface area contributed by atoms with Gasteiger partial charge >= 0.3 is 12.2 Å². The van der Waals surface area contributed by atoms with Crippen molar-refractivity contribution < 1.29 is 18.0 Å². The Morgan fingerprint density at radius 2 is 1.90 bits per heavy atom. The summed E-state index contributed by atoms with van der Waals surface area (Å²) in [6.45, 7) is 7.24. The molecular weight excluding hydrogens is 407 g/mol. The van der Waals surface area contributed by atoms with E-state index in [1.165, 1.54) is 17.8 Å². The molecule has 166 valence electrons. The lowest BCUT2D eigenvalue weighted by molar-refractivity contribution is -0.137. The van der Waals surface area contributed by atoms with Crippen LogP contribution in [0.15, 0.2) is 36.5 Å². The summed E-state index contributed by atoms with van der Waals surface area (Å²) in [5, 5.41) is 6.32. The number of hydrogen-bond acceptors (Lipinski definition) is 4. The fourth-order valence-electron chi connectivity index (χ4n) is 4.28. The molecule has 2 N–H and O–H groups in total. The number of alkyl halides is 3. The molecule has 0 spiro atoms. The van der Waals surface area contributed by atoms with Gasteiger partial charge in [0, 0.05) is 56.6 Å². The van der Waals surface area contributed by atoms with E-state index in [4.69, 9.17) is 0 Å². The molecule has 2 amide bonds. The van der Waals surface area contributed by atoms with Crippen LogP contribution in [-0.2, 0) is 18.1 Å². The normalized spacial score (nSPS) is 18.5. The van der Waals surface area contributed by atoms with Crippen molar-refractivity contribution in [2.45, 2.75) is 32.0 Å². The number of nitrogens with one attached hydrogen (secondary N) is 2. The third kappa shape index (κ3) is 4.46. The number of urea groups is 1. The summed E-state index contributed by atoms with van der Waals surface area (Å²) in [5.41, 5.74) is 2.43. The fraction of sp³-hybridized carbons (Fsp3) is 0.455. The van der Waals surface area contributed by atoms with Crippen LogP contribution >= 0.6 is 0 Å². The second-order valence-corrected chi connectivity index (χ2v) is 8.64. The van der Waals surface area contributed by atoms with Crippen LogP contribution in [0.1, 0.15) is 30.5 Å². The number of rotatable bonds is 2. The molecule has 3 heterocycles. The van der Waals surface area contributed by atoms with E-state index in [9.17, 15) is 18.0 Å². The second kappa shape index (κ2) is 8.03. The van der Waals surface area contributed by atoms with Crippen LogP contribution in [0.5, 0.6) is 0 Å². The molecule has 0 aliphatic carbocycles. The van der Waals surface area contributed by atoms with E-state index >= 15 is 0 Å². The fourth-order valence-corrected chi connectivity index (χ4v) is 4.28. The van der Waals surface area contributed by atoms with Gasteiger partial charge in [0.2, 0.25) is 0 Å². The zero-order valence-corrected chi connectivity index (χ0v) is 17.6. The van der Waals surface area contributed by atoms with Gasteiger partial charge in [-0.25, -0.2) is 9.78 Å². The van der Waals surface area contributed by atoms with E-state index in [-0.39, 0.29) is 30.4 Å². The molecule has 0 radical (unpaired) electrons. The minimum absolute atomic E-state index is 0.0349. The van der Waals surface area contributed by atoms with Gasteiger partial charge in [0.15, 0.2) is 0 Å². The van der Waals surface area contributed by atoms with Crippen molar-refractivity contribution in [3.63, 3.8) is 0 Å². The number of piperazine rings is 1. The van der Waals surface area contributed by atoms with Crippen molar-refractivity contribution in [3.05, 3.63) is 53.2 Å². The summed E-state index contributed by atoms with van der Waals surface area (Å²) in [6, 6.07) is 8.02. The van der Waals surface area contributed by atoms with Crippen LogP contribution in [0.2, 0.25) is 0 Å². The number of halogens is 3. The number of nitrogens with zero attached hydrogens (tertiary/aromatic N) is 3. The van der Waals surface area contributed by atoms with Crippen LogP contribution in [-0.4, -0.2) is 48.6 Å². The van der Waals surface area contributed by atoms with Crippen molar-refractivity contribution in [2.75, 3.05) is 42.9 Å². The highest BCUT2D eigenvalue weighted by Crippen LogP contribution is 2.35. The molecule has 6 nitrogen and oxygen atoms in total. The number of benzene rings is 1. The minimum Gasteiger partial charge on any atom is -0.353 e. The topological polar surface area (TPSA) is 60.5 Å². The summed E-state index contributed by atoms with van der Waals surface area (Å²) in [7, 11) is 0. The first-order valence-corrected chi connectivity index (χ1v) is 10.3. The SMILES string of the molecule is CC1(C)CNCc2cc(NC(=O)N3CCN(c4ncccc4C(F)(F)F)CC3)ccc21. The van der Waals surface area contributed by atoms with Crippen molar-refractivity contribution in [3.8, 4) is 0 Å². The molecule has 4 rings (SSSR count). The quantitative estimate of drug-likeness (QED) is 0.756. The molecule has 31 heavy (non-hydrogen) atoms. The third-order valence-corrected chi connectivity index (χ3v) is 5.93. The molecule has 2 aliphatic heterocycles. The standard InChI is InChI=1S/C22H26F3N5O/c1-21(2)14-26-13-15-12-16(5-6-17(15)21)28-20(31)30-10-8-29(9-11-30)19-18(22(23,24)25)4-3-7-27-19/h3-7,12,26H,8-11,13-14H2,1-2H3,(H,28,31). The molecule has 1 saturated heterocycles. The van der Waals surface area contributed by atoms with Gasteiger partial charge in [-0.2, -0.15) is 13.2 Å². The summed E-state index contributed by atoms with van der Waals surface area (Å²) in [6.07, 6.45) is -3.11. The predicted molar refractivity (Wildman–Crippen MR) is 113 cm³/mol. The van der Waals surface area contributed by atoms with Gasteiger partial charge in [-0.1, -0.05) is 19.9 Å². The van der Waals surface area contributed by atoms with E-state index in [1.54, 1.807) is 9.80 Å². The highest BCUT2D eigenvalue weighted by Gasteiger charge is 2.36. The highest BCUT2D eigenvalue weighted by atomic mass is 19.4. The van der Waals surface area contributed by atoms with Crippen LogP contribution in [0.3, 0.4) is 0 Å². The molecular formula is C22H26F3N5O. The number of carbonyl (C=O) groups excluding carboxylic acids is 1. The van der Waals surface area contributed by atoms with Gasteiger partial charge in [0.05, 0.1) is 5.56 Å². The molecule has 1 aromatic heterocycles. The average Bonchev–Trinajstić information content (AvgIpc) is 2.73. The predicted octanol–water partition coefficient (Wildman–Crippen LogP) is 3.84. The minimum atomic E-state index is -4.46. The Kier molecular flexibility index (Phi) is 5.55.